The average Bonchev–Trinajstić information content (AvgIpc) is 3.57. The highest BCUT2D eigenvalue weighted by Crippen LogP contribution is 2.49. The highest BCUT2D eigenvalue weighted by molar-refractivity contribution is 6.02. The lowest BCUT2D eigenvalue weighted by molar-refractivity contribution is -0.136. The summed E-state index contributed by atoms with van der Waals surface area (Å²) in [6.45, 7) is 9.72. The molecular weight excluding hydrogens is 585 g/mol. The minimum absolute atomic E-state index is 0.0474. The predicted octanol–water partition coefficient (Wildman–Crippen LogP) is 6.32. The number of hydrogen-bond donors (Lipinski definition) is 1. The predicted molar refractivity (Wildman–Crippen MR) is 174 cm³/mol. The van der Waals surface area contributed by atoms with Crippen LogP contribution in [-0.2, 0) is 31.7 Å². The van der Waals surface area contributed by atoms with Gasteiger partial charge < -0.3 is 23.7 Å². The van der Waals surface area contributed by atoms with Gasteiger partial charge in [0.1, 0.15) is 22.6 Å². The topological polar surface area (TPSA) is 104 Å². The summed E-state index contributed by atoms with van der Waals surface area (Å²) >= 11 is 0. The molecule has 236 valence electrons. The van der Waals surface area contributed by atoms with E-state index in [1.807, 2.05) is 69.1 Å². The van der Waals surface area contributed by atoms with Crippen molar-refractivity contribution in [1.29, 1.82) is 0 Å². The number of fused-ring (bicyclic) bond motifs is 2. The summed E-state index contributed by atoms with van der Waals surface area (Å²) in [5.74, 6) is 4.90. The Kier molecular flexibility index (Phi) is 7.80. The molecular formula is C36H36FN5O4. The Labute approximate surface area is 267 Å². The number of aliphatic carboxylic acids is 1. The van der Waals surface area contributed by atoms with Crippen molar-refractivity contribution in [2.24, 2.45) is 14.1 Å². The minimum Gasteiger partial charge on any atom is -0.490 e. The molecule has 0 fully saturated rings. The van der Waals surface area contributed by atoms with Gasteiger partial charge >= 0.3 is 5.97 Å². The molecule has 6 rings (SSSR count). The largest absolute Gasteiger partial charge is 0.490 e. The molecule has 5 heterocycles. The molecule has 0 bridgehead atoms. The van der Waals surface area contributed by atoms with Gasteiger partial charge in [-0.3, -0.25) is 4.79 Å². The molecule has 0 saturated heterocycles. The molecule has 46 heavy (non-hydrogen) atoms. The standard InChI is InChI=1S/C36H36FN5O4/c1-20-25-9-8-14-45-33(25)32(37)34(46-36(3,4)5)30(20)31-26(17-29(43)44)21(2)40-35-27(31)16-28(42(35)7)22-12-13-39-23(15-22)10-11-24-18-38-19-41(24)6/h12-13,15-16,18-19H,8-9,14,17H2,1-7H3,(H,43,44). The molecule has 0 saturated carbocycles. The van der Waals surface area contributed by atoms with Crippen LogP contribution >= 0.6 is 0 Å². The van der Waals surface area contributed by atoms with Crippen molar-refractivity contribution in [1.82, 2.24) is 24.1 Å². The van der Waals surface area contributed by atoms with E-state index in [0.717, 1.165) is 34.5 Å². The Hall–Kier alpha value is -5.17. The van der Waals surface area contributed by atoms with E-state index in [0.29, 0.717) is 52.1 Å². The highest BCUT2D eigenvalue weighted by atomic mass is 19.1. The van der Waals surface area contributed by atoms with Gasteiger partial charge in [0.15, 0.2) is 11.5 Å². The average molecular weight is 622 g/mol. The molecule has 0 radical (unpaired) electrons. The summed E-state index contributed by atoms with van der Waals surface area (Å²) in [6.07, 6.45) is 6.19. The van der Waals surface area contributed by atoms with Crippen LogP contribution < -0.4 is 9.47 Å². The first kappa shape index (κ1) is 30.8. The van der Waals surface area contributed by atoms with E-state index in [4.69, 9.17) is 14.5 Å². The maximum atomic E-state index is 16.5. The number of carbonyl (C=O) groups is 1. The molecule has 0 atom stereocenters. The third-order valence-corrected chi connectivity index (χ3v) is 8.20. The van der Waals surface area contributed by atoms with Gasteiger partial charge in [-0.1, -0.05) is 0 Å². The van der Waals surface area contributed by atoms with Crippen LogP contribution in [0.1, 0.15) is 61.0 Å². The summed E-state index contributed by atoms with van der Waals surface area (Å²) in [5, 5.41) is 10.7. The van der Waals surface area contributed by atoms with Crippen LogP contribution in [0.2, 0.25) is 0 Å². The number of aromatic nitrogens is 5. The van der Waals surface area contributed by atoms with E-state index in [-0.39, 0.29) is 17.9 Å². The van der Waals surface area contributed by atoms with Crippen LogP contribution in [0.15, 0.2) is 36.9 Å². The van der Waals surface area contributed by atoms with Gasteiger partial charge in [0, 0.05) is 53.6 Å². The van der Waals surface area contributed by atoms with E-state index in [9.17, 15) is 9.90 Å². The summed E-state index contributed by atoms with van der Waals surface area (Å²) in [4.78, 5) is 25.7. The number of halogens is 1. The second kappa shape index (κ2) is 11.6. The molecule has 1 aliphatic rings. The molecule has 0 unspecified atom stereocenters. The van der Waals surface area contributed by atoms with Crippen molar-refractivity contribution in [3.63, 3.8) is 0 Å². The van der Waals surface area contributed by atoms with E-state index in [2.05, 4.69) is 21.8 Å². The Bertz CT molecular complexity index is 2090. The Morgan fingerprint density at radius 2 is 1.96 bits per heavy atom. The van der Waals surface area contributed by atoms with Crippen molar-refractivity contribution in [3.05, 3.63) is 76.5 Å². The van der Waals surface area contributed by atoms with Crippen LogP contribution in [0.5, 0.6) is 11.5 Å². The van der Waals surface area contributed by atoms with E-state index in [1.54, 1.807) is 25.6 Å². The zero-order valence-corrected chi connectivity index (χ0v) is 27.1. The number of hydrogen-bond acceptors (Lipinski definition) is 6. The van der Waals surface area contributed by atoms with Crippen LogP contribution in [0.4, 0.5) is 4.39 Å². The van der Waals surface area contributed by atoms with Gasteiger partial charge in [0.2, 0.25) is 5.82 Å². The Morgan fingerprint density at radius 3 is 2.65 bits per heavy atom. The fourth-order valence-electron chi connectivity index (χ4n) is 6.09. The third-order valence-electron chi connectivity index (χ3n) is 8.20. The fourth-order valence-corrected chi connectivity index (χ4v) is 6.09. The number of carboxylic acids is 1. The molecule has 5 aromatic rings. The number of nitrogens with zero attached hydrogens (tertiary/aromatic N) is 5. The summed E-state index contributed by atoms with van der Waals surface area (Å²) in [5.41, 5.74) is 6.64. The number of aryl methyl sites for hydroxylation is 3. The van der Waals surface area contributed by atoms with Gasteiger partial charge in [0.05, 0.1) is 31.2 Å². The third kappa shape index (κ3) is 5.58. The number of rotatable bonds is 5. The van der Waals surface area contributed by atoms with Gasteiger partial charge in [-0.25, -0.2) is 15.0 Å². The molecule has 0 aliphatic carbocycles. The molecule has 1 aliphatic heterocycles. The first-order valence-corrected chi connectivity index (χ1v) is 15.2. The maximum Gasteiger partial charge on any atom is 0.307 e. The summed E-state index contributed by atoms with van der Waals surface area (Å²) in [6, 6.07) is 5.77. The molecule has 9 nitrogen and oxygen atoms in total. The van der Waals surface area contributed by atoms with Gasteiger partial charge in [0.25, 0.3) is 0 Å². The lowest BCUT2D eigenvalue weighted by Crippen LogP contribution is -2.25. The second-order valence-corrected chi connectivity index (χ2v) is 12.6. The summed E-state index contributed by atoms with van der Waals surface area (Å²) in [7, 11) is 3.79. The van der Waals surface area contributed by atoms with E-state index < -0.39 is 17.4 Å². The lowest BCUT2D eigenvalue weighted by atomic mass is 9.86. The smallest absolute Gasteiger partial charge is 0.307 e. The van der Waals surface area contributed by atoms with Crippen molar-refractivity contribution < 1.29 is 23.8 Å². The maximum absolute atomic E-state index is 16.5. The van der Waals surface area contributed by atoms with Crippen molar-refractivity contribution in [2.75, 3.05) is 6.61 Å². The van der Waals surface area contributed by atoms with E-state index in [1.165, 1.54) is 0 Å². The molecule has 1 aromatic carbocycles. The molecule has 10 heteroatoms. The van der Waals surface area contributed by atoms with E-state index >= 15 is 4.39 Å². The second-order valence-electron chi connectivity index (χ2n) is 12.6. The van der Waals surface area contributed by atoms with Crippen LogP contribution in [0.25, 0.3) is 33.4 Å². The normalized spacial score (nSPS) is 12.8. The molecule has 1 N–H and O–H groups in total. The van der Waals surface area contributed by atoms with Gasteiger partial charge in [-0.15, -0.1) is 0 Å². The van der Waals surface area contributed by atoms with Crippen molar-refractivity contribution in [2.45, 2.75) is 59.5 Å². The molecule has 0 amide bonds. The monoisotopic (exact) mass is 621 g/mol. The van der Waals surface area contributed by atoms with Crippen molar-refractivity contribution in [3.8, 4) is 45.7 Å². The SMILES string of the molecule is Cc1nc2c(cc(-c3ccnc(C#Cc4cncn4C)c3)n2C)c(-c2c(C)c3c(c(F)c2OC(C)(C)C)OCCC3)c1CC(=O)O. The minimum atomic E-state index is -1.01. The number of pyridine rings is 2. The van der Waals surface area contributed by atoms with Crippen LogP contribution in [-0.4, -0.2) is 47.4 Å². The molecule has 4 aromatic heterocycles. The number of imidazole rings is 1. The molecule has 0 spiro atoms. The quantitative estimate of drug-likeness (QED) is 0.229. The summed E-state index contributed by atoms with van der Waals surface area (Å²) < 4.78 is 32.5. The fraction of sp³-hybridized carbons (Fsp3) is 0.333. The van der Waals surface area contributed by atoms with Crippen LogP contribution in [0.3, 0.4) is 0 Å². The Morgan fingerprint density at radius 1 is 1.17 bits per heavy atom. The number of benzene rings is 1. The van der Waals surface area contributed by atoms with Crippen molar-refractivity contribution >= 4 is 17.0 Å². The zero-order valence-electron chi connectivity index (χ0n) is 27.1. The lowest BCUT2D eigenvalue weighted by Gasteiger charge is -2.30. The van der Waals surface area contributed by atoms with Gasteiger partial charge in [-0.05, 0) is 88.6 Å². The number of ether oxygens (including phenoxy) is 2. The number of carboxylic acid groups (broad SMARTS) is 1. The first-order valence-electron chi connectivity index (χ1n) is 15.2. The van der Waals surface area contributed by atoms with Gasteiger partial charge in [-0.2, -0.15) is 4.39 Å². The Balaban J connectivity index is 1.64. The highest BCUT2D eigenvalue weighted by Gasteiger charge is 2.33. The zero-order chi connectivity index (χ0) is 32.9. The van der Waals surface area contributed by atoms with Crippen LogP contribution in [0, 0.1) is 31.5 Å². The first-order chi connectivity index (χ1) is 21.8.